The highest BCUT2D eigenvalue weighted by molar-refractivity contribution is 8.04. The number of carbonyl (C=O) groups is 3. The summed E-state index contributed by atoms with van der Waals surface area (Å²) in [7, 11) is 1.33. The molecule has 0 aliphatic heterocycles. The minimum absolute atomic E-state index is 0.176. The summed E-state index contributed by atoms with van der Waals surface area (Å²) in [5, 5.41) is 3.17. The third kappa shape index (κ3) is 5.20. The van der Waals surface area contributed by atoms with Crippen LogP contribution in [0.15, 0.2) is 34.9 Å². The van der Waals surface area contributed by atoms with Crippen LogP contribution in [0.1, 0.15) is 41.0 Å². The van der Waals surface area contributed by atoms with Gasteiger partial charge in [-0.15, -0.1) is 11.8 Å². The lowest BCUT2D eigenvalue weighted by Gasteiger charge is -2.23. The number of rotatable bonds is 10. The highest BCUT2D eigenvalue weighted by Crippen LogP contribution is 2.32. The monoisotopic (exact) mass is 390 g/mol. The van der Waals surface area contributed by atoms with Crippen molar-refractivity contribution in [1.29, 1.82) is 0 Å². The first-order chi connectivity index (χ1) is 13.0. The van der Waals surface area contributed by atoms with Gasteiger partial charge in [-0.25, -0.2) is 0 Å². The molecule has 0 aromatic heterocycles. The number of hydrogen-bond acceptors (Lipinski definition) is 7. The Hall–Kier alpha value is -2.12. The summed E-state index contributed by atoms with van der Waals surface area (Å²) < 4.78 is 4.65. The van der Waals surface area contributed by atoms with Gasteiger partial charge in [0.1, 0.15) is 5.70 Å². The summed E-state index contributed by atoms with van der Waals surface area (Å²) >= 11 is 1.23. The summed E-state index contributed by atoms with van der Waals surface area (Å²) in [6.07, 6.45) is 0.181. The molecule has 0 saturated carbocycles. The number of fused-ring (bicyclic) bond motifs is 1. The van der Waals surface area contributed by atoms with Gasteiger partial charge in [0.15, 0.2) is 0 Å². The van der Waals surface area contributed by atoms with Gasteiger partial charge in [0, 0.05) is 30.0 Å². The van der Waals surface area contributed by atoms with E-state index in [1.807, 2.05) is 0 Å². The van der Waals surface area contributed by atoms with Crippen molar-refractivity contribution in [2.45, 2.75) is 20.3 Å². The molecule has 7 heteroatoms. The highest BCUT2D eigenvalue weighted by Gasteiger charge is 2.32. The Morgan fingerprint density at radius 2 is 1.74 bits per heavy atom. The number of Topliss-reactive ketones (excluding diaryl/α,β-unsaturated/α-hetero) is 2. The SMILES string of the molecule is CCN(CC)CCNC1=C(SCCC(=O)OC)C(=O)c2ccccc2C1=O. The number of ether oxygens (including phenoxy) is 1. The zero-order valence-electron chi connectivity index (χ0n) is 16.0. The van der Waals surface area contributed by atoms with Gasteiger partial charge in [-0.3, -0.25) is 14.4 Å². The van der Waals surface area contributed by atoms with Gasteiger partial charge in [0.25, 0.3) is 0 Å². The average Bonchev–Trinajstić information content (AvgIpc) is 2.70. The van der Waals surface area contributed by atoms with E-state index in [-0.39, 0.29) is 24.0 Å². The first-order valence-electron chi connectivity index (χ1n) is 9.11. The molecule has 1 aliphatic carbocycles. The zero-order chi connectivity index (χ0) is 19.8. The zero-order valence-corrected chi connectivity index (χ0v) is 16.9. The number of esters is 1. The van der Waals surface area contributed by atoms with Crippen molar-refractivity contribution in [2.75, 3.05) is 39.0 Å². The van der Waals surface area contributed by atoms with Crippen LogP contribution < -0.4 is 5.32 Å². The third-order valence-corrected chi connectivity index (χ3v) is 5.57. The number of allylic oxidation sites excluding steroid dienone is 2. The van der Waals surface area contributed by atoms with Crippen molar-refractivity contribution in [3.05, 3.63) is 46.0 Å². The Morgan fingerprint density at radius 3 is 2.33 bits per heavy atom. The summed E-state index contributed by atoms with van der Waals surface area (Å²) in [5.74, 6) is -0.311. The standard InChI is InChI=1S/C20H26N2O4S/c1-4-22(5-2)12-11-21-17-18(24)14-8-6-7-9-15(14)19(25)20(17)27-13-10-16(23)26-3/h6-9,21H,4-5,10-13H2,1-3H3. The number of thioether (sulfide) groups is 1. The lowest BCUT2D eigenvalue weighted by atomic mass is 9.92. The molecule has 0 saturated heterocycles. The molecule has 0 atom stereocenters. The van der Waals surface area contributed by atoms with E-state index in [4.69, 9.17) is 0 Å². The van der Waals surface area contributed by atoms with Gasteiger partial charge >= 0.3 is 5.97 Å². The molecule has 0 spiro atoms. The van der Waals surface area contributed by atoms with E-state index in [2.05, 4.69) is 28.8 Å². The maximum Gasteiger partial charge on any atom is 0.306 e. The number of benzene rings is 1. The fourth-order valence-corrected chi connectivity index (χ4v) is 3.89. The van der Waals surface area contributed by atoms with Gasteiger partial charge in [-0.2, -0.15) is 0 Å². The predicted octanol–water partition coefficient (Wildman–Crippen LogP) is 2.50. The van der Waals surface area contributed by atoms with E-state index in [0.717, 1.165) is 19.6 Å². The number of likely N-dealkylation sites (N-methyl/N-ethyl adjacent to an activating group) is 1. The van der Waals surface area contributed by atoms with Crippen LogP contribution in [0.25, 0.3) is 0 Å². The molecule has 1 aromatic rings. The Labute approximate surface area is 164 Å². The van der Waals surface area contributed by atoms with Crippen molar-refractivity contribution < 1.29 is 19.1 Å². The number of methoxy groups -OCH3 is 1. The maximum absolute atomic E-state index is 12.9. The van der Waals surface area contributed by atoms with Crippen molar-refractivity contribution in [3.8, 4) is 0 Å². The normalized spacial score (nSPS) is 13.8. The second-order valence-corrected chi connectivity index (χ2v) is 7.14. The number of ketones is 2. The molecule has 0 heterocycles. The fraction of sp³-hybridized carbons (Fsp3) is 0.450. The highest BCUT2D eigenvalue weighted by atomic mass is 32.2. The van der Waals surface area contributed by atoms with Gasteiger partial charge in [-0.1, -0.05) is 38.1 Å². The van der Waals surface area contributed by atoms with Crippen LogP contribution in [0, 0.1) is 0 Å². The van der Waals surface area contributed by atoms with E-state index in [1.54, 1.807) is 24.3 Å². The molecule has 27 heavy (non-hydrogen) atoms. The van der Waals surface area contributed by atoms with Gasteiger partial charge in [0.05, 0.1) is 18.4 Å². The molecule has 1 aliphatic rings. The molecule has 2 rings (SSSR count). The number of carbonyl (C=O) groups excluding carboxylic acids is 3. The van der Waals surface area contributed by atoms with Gasteiger partial charge in [-0.05, 0) is 13.1 Å². The Morgan fingerprint density at radius 1 is 1.11 bits per heavy atom. The number of nitrogens with zero attached hydrogens (tertiary/aromatic N) is 1. The first kappa shape index (κ1) is 21.2. The van der Waals surface area contributed by atoms with E-state index in [0.29, 0.717) is 34.0 Å². The van der Waals surface area contributed by atoms with Crippen LogP contribution in [0.5, 0.6) is 0 Å². The van der Waals surface area contributed by atoms with E-state index >= 15 is 0 Å². The molecule has 1 N–H and O–H groups in total. The number of hydrogen-bond donors (Lipinski definition) is 1. The average molecular weight is 391 g/mol. The quantitative estimate of drug-likeness (QED) is 0.615. The van der Waals surface area contributed by atoms with Gasteiger partial charge < -0.3 is 15.0 Å². The Bertz CT molecular complexity index is 741. The Kier molecular flexibility index (Phi) is 8.06. The summed E-state index contributed by atoms with van der Waals surface area (Å²) in [5.41, 5.74) is 1.17. The van der Waals surface area contributed by atoms with E-state index < -0.39 is 0 Å². The van der Waals surface area contributed by atoms with E-state index in [1.165, 1.54) is 18.9 Å². The van der Waals surface area contributed by atoms with Crippen LogP contribution >= 0.6 is 11.8 Å². The Balaban J connectivity index is 2.22. The lowest BCUT2D eigenvalue weighted by Crippen LogP contribution is -2.36. The number of nitrogens with one attached hydrogen (secondary N) is 1. The second-order valence-electron chi connectivity index (χ2n) is 6.04. The van der Waals surface area contributed by atoms with Crippen LogP contribution in [-0.4, -0.2) is 61.5 Å². The van der Waals surface area contributed by atoms with Crippen LogP contribution in [0.4, 0.5) is 0 Å². The van der Waals surface area contributed by atoms with Gasteiger partial charge in [0.2, 0.25) is 11.6 Å². The largest absolute Gasteiger partial charge is 0.469 e. The van der Waals surface area contributed by atoms with Crippen molar-refractivity contribution in [1.82, 2.24) is 10.2 Å². The maximum atomic E-state index is 12.9. The molecule has 146 valence electrons. The van der Waals surface area contributed by atoms with Crippen LogP contribution in [0.2, 0.25) is 0 Å². The second kappa shape index (κ2) is 10.3. The molecule has 0 bridgehead atoms. The minimum Gasteiger partial charge on any atom is -0.469 e. The van der Waals surface area contributed by atoms with E-state index in [9.17, 15) is 14.4 Å². The molecular weight excluding hydrogens is 364 g/mol. The van der Waals surface area contributed by atoms with Crippen molar-refractivity contribution in [2.24, 2.45) is 0 Å². The smallest absolute Gasteiger partial charge is 0.306 e. The van der Waals surface area contributed by atoms with Crippen molar-refractivity contribution in [3.63, 3.8) is 0 Å². The topological polar surface area (TPSA) is 75.7 Å². The van der Waals surface area contributed by atoms with Crippen LogP contribution in [-0.2, 0) is 9.53 Å². The molecular formula is C20H26N2O4S. The third-order valence-electron chi connectivity index (χ3n) is 4.48. The molecule has 1 aromatic carbocycles. The lowest BCUT2D eigenvalue weighted by molar-refractivity contribution is -0.140. The molecule has 6 nitrogen and oxygen atoms in total. The first-order valence-corrected chi connectivity index (χ1v) is 10.1. The minimum atomic E-state index is -0.339. The molecule has 0 fully saturated rings. The molecule has 0 radical (unpaired) electrons. The summed E-state index contributed by atoms with van der Waals surface area (Å²) in [6, 6.07) is 6.85. The van der Waals surface area contributed by atoms with Crippen molar-refractivity contribution >= 4 is 29.3 Å². The molecule has 0 unspecified atom stereocenters. The molecule has 0 amide bonds. The predicted molar refractivity (Wildman–Crippen MR) is 107 cm³/mol. The fourth-order valence-electron chi connectivity index (χ4n) is 2.87. The summed E-state index contributed by atoms with van der Waals surface area (Å²) in [4.78, 5) is 39.9. The van der Waals surface area contributed by atoms with Crippen LogP contribution in [0.3, 0.4) is 0 Å². The summed E-state index contributed by atoms with van der Waals surface area (Å²) in [6.45, 7) is 7.37.